The first kappa shape index (κ1) is 14.3. The van der Waals surface area contributed by atoms with Gasteiger partial charge in [0.05, 0.1) is 18.8 Å². The van der Waals surface area contributed by atoms with Crippen LogP contribution in [0.1, 0.15) is 20.8 Å². The number of urea groups is 1. The van der Waals surface area contributed by atoms with E-state index >= 15 is 0 Å². The highest BCUT2D eigenvalue weighted by Crippen LogP contribution is 2.17. The van der Waals surface area contributed by atoms with Gasteiger partial charge in [0.2, 0.25) is 0 Å². The summed E-state index contributed by atoms with van der Waals surface area (Å²) < 4.78 is 5.06. The maximum Gasteiger partial charge on any atom is 0.319 e. The van der Waals surface area contributed by atoms with Crippen LogP contribution in [0.2, 0.25) is 0 Å². The van der Waals surface area contributed by atoms with Gasteiger partial charge in [0.1, 0.15) is 5.75 Å². The summed E-state index contributed by atoms with van der Waals surface area (Å²) in [6.07, 6.45) is -0.645. The topological polar surface area (TPSA) is 70.6 Å². The highest BCUT2D eigenvalue weighted by atomic mass is 16.5. The van der Waals surface area contributed by atoms with Crippen LogP contribution in [0.25, 0.3) is 0 Å². The number of aliphatic hydroxyl groups is 1. The molecule has 2 amide bonds. The number of carbonyl (C=O) groups is 1. The lowest BCUT2D eigenvalue weighted by Gasteiger charge is -2.29. The van der Waals surface area contributed by atoms with E-state index in [1.165, 1.54) is 0 Å². The molecule has 100 valence electrons. The molecule has 0 heterocycles. The smallest absolute Gasteiger partial charge is 0.319 e. The Morgan fingerprint density at radius 3 is 2.67 bits per heavy atom. The van der Waals surface area contributed by atoms with Crippen molar-refractivity contribution in [3.63, 3.8) is 0 Å². The van der Waals surface area contributed by atoms with Crippen LogP contribution in [0.4, 0.5) is 10.5 Å². The second-order valence-electron chi connectivity index (χ2n) is 4.71. The highest BCUT2D eigenvalue weighted by Gasteiger charge is 2.25. The molecule has 5 heteroatoms. The molecule has 1 atom stereocenters. The van der Waals surface area contributed by atoms with Crippen molar-refractivity contribution in [1.82, 2.24) is 5.32 Å². The summed E-state index contributed by atoms with van der Waals surface area (Å²) in [5.74, 6) is 0.669. The van der Waals surface area contributed by atoms with Crippen molar-refractivity contribution >= 4 is 11.7 Å². The summed E-state index contributed by atoms with van der Waals surface area (Å²) in [5.41, 5.74) is -0.0589. The van der Waals surface area contributed by atoms with Crippen molar-refractivity contribution in [2.24, 2.45) is 0 Å². The van der Waals surface area contributed by atoms with Crippen molar-refractivity contribution in [3.05, 3.63) is 24.3 Å². The highest BCUT2D eigenvalue weighted by molar-refractivity contribution is 5.89. The Hall–Kier alpha value is -1.75. The summed E-state index contributed by atoms with van der Waals surface area (Å²) >= 11 is 0. The monoisotopic (exact) mass is 252 g/mol. The Morgan fingerprint density at radius 1 is 1.44 bits per heavy atom. The van der Waals surface area contributed by atoms with E-state index in [-0.39, 0.29) is 6.03 Å². The van der Waals surface area contributed by atoms with Gasteiger partial charge in [-0.05, 0) is 32.9 Å². The zero-order valence-electron chi connectivity index (χ0n) is 11.2. The number of hydrogen-bond acceptors (Lipinski definition) is 3. The molecule has 18 heavy (non-hydrogen) atoms. The van der Waals surface area contributed by atoms with Crippen LogP contribution in [0.15, 0.2) is 24.3 Å². The average molecular weight is 252 g/mol. The van der Waals surface area contributed by atoms with E-state index in [9.17, 15) is 9.90 Å². The fourth-order valence-electron chi connectivity index (χ4n) is 1.26. The van der Waals surface area contributed by atoms with Gasteiger partial charge in [-0.1, -0.05) is 6.07 Å². The second kappa shape index (κ2) is 5.73. The molecular weight excluding hydrogens is 232 g/mol. The maximum absolute atomic E-state index is 11.8. The fourth-order valence-corrected chi connectivity index (χ4v) is 1.26. The fraction of sp³-hybridized carbons (Fsp3) is 0.462. The molecule has 0 spiro atoms. The van der Waals surface area contributed by atoms with Crippen molar-refractivity contribution in [1.29, 1.82) is 0 Å². The van der Waals surface area contributed by atoms with Gasteiger partial charge in [-0.15, -0.1) is 0 Å². The number of aliphatic hydroxyl groups excluding tert-OH is 1. The average Bonchev–Trinajstić information content (AvgIpc) is 2.28. The van der Waals surface area contributed by atoms with Crippen molar-refractivity contribution in [2.75, 3.05) is 12.4 Å². The lowest BCUT2D eigenvalue weighted by Crippen LogP contribution is -2.52. The SMILES string of the molecule is COc1cccc(NC(=O)NC(C)(C)C(C)O)c1. The third-order valence-corrected chi connectivity index (χ3v) is 2.81. The minimum atomic E-state index is -0.692. The summed E-state index contributed by atoms with van der Waals surface area (Å²) in [7, 11) is 1.57. The first-order chi connectivity index (χ1) is 8.35. The third-order valence-electron chi connectivity index (χ3n) is 2.81. The zero-order valence-corrected chi connectivity index (χ0v) is 11.2. The number of rotatable bonds is 4. The van der Waals surface area contributed by atoms with Crippen LogP contribution in [0, 0.1) is 0 Å². The number of anilines is 1. The van der Waals surface area contributed by atoms with Crippen LogP contribution in [0.5, 0.6) is 5.75 Å². The zero-order chi connectivity index (χ0) is 13.8. The Bertz CT molecular complexity index is 416. The van der Waals surface area contributed by atoms with Gasteiger partial charge in [-0.3, -0.25) is 0 Å². The molecule has 0 aliphatic heterocycles. The minimum absolute atomic E-state index is 0.367. The lowest BCUT2D eigenvalue weighted by molar-refractivity contribution is 0.103. The quantitative estimate of drug-likeness (QED) is 0.767. The molecule has 0 aromatic heterocycles. The summed E-state index contributed by atoms with van der Waals surface area (Å²) in [6.45, 7) is 5.14. The van der Waals surface area contributed by atoms with Crippen molar-refractivity contribution in [2.45, 2.75) is 32.4 Å². The van der Waals surface area contributed by atoms with E-state index in [0.717, 1.165) is 0 Å². The van der Waals surface area contributed by atoms with Crippen LogP contribution < -0.4 is 15.4 Å². The summed E-state index contributed by atoms with van der Waals surface area (Å²) in [5, 5.41) is 14.9. The van der Waals surface area contributed by atoms with Crippen molar-refractivity contribution < 1.29 is 14.6 Å². The van der Waals surface area contributed by atoms with Crippen molar-refractivity contribution in [3.8, 4) is 5.75 Å². The van der Waals surface area contributed by atoms with E-state index in [1.807, 2.05) is 0 Å². The largest absolute Gasteiger partial charge is 0.497 e. The van der Waals surface area contributed by atoms with Crippen LogP contribution >= 0.6 is 0 Å². The number of carbonyl (C=O) groups excluding carboxylic acids is 1. The molecule has 0 saturated carbocycles. The predicted octanol–water partition coefficient (Wildman–Crippen LogP) is 1.98. The second-order valence-corrected chi connectivity index (χ2v) is 4.71. The Kier molecular flexibility index (Phi) is 4.55. The van der Waals surface area contributed by atoms with E-state index in [1.54, 1.807) is 52.1 Å². The number of methoxy groups -OCH3 is 1. The Labute approximate surface area is 107 Å². The van der Waals surface area contributed by atoms with Crippen LogP contribution in [-0.4, -0.2) is 29.9 Å². The third kappa shape index (κ3) is 3.92. The number of amides is 2. The molecule has 1 aromatic carbocycles. The van der Waals surface area contributed by atoms with Gasteiger partial charge < -0.3 is 20.5 Å². The number of nitrogens with one attached hydrogen (secondary N) is 2. The normalized spacial score (nSPS) is 12.7. The van der Waals surface area contributed by atoms with Crippen LogP contribution in [0.3, 0.4) is 0 Å². The van der Waals surface area contributed by atoms with Gasteiger partial charge in [0.15, 0.2) is 0 Å². The molecule has 0 saturated heterocycles. The van der Waals surface area contributed by atoms with Gasteiger partial charge in [0.25, 0.3) is 0 Å². The maximum atomic E-state index is 11.8. The molecule has 1 unspecified atom stereocenters. The molecule has 1 rings (SSSR count). The standard InChI is InChI=1S/C13H20N2O3/c1-9(16)13(2,3)15-12(17)14-10-6-5-7-11(8-10)18-4/h5-9,16H,1-4H3,(H2,14,15,17). The van der Waals surface area contributed by atoms with Gasteiger partial charge in [0, 0.05) is 11.8 Å². The van der Waals surface area contributed by atoms with E-state index < -0.39 is 11.6 Å². The van der Waals surface area contributed by atoms with Crippen LogP contribution in [-0.2, 0) is 0 Å². The van der Waals surface area contributed by atoms with E-state index in [0.29, 0.717) is 11.4 Å². The Balaban J connectivity index is 2.65. The molecule has 3 N–H and O–H groups in total. The lowest BCUT2D eigenvalue weighted by atomic mass is 9.99. The predicted molar refractivity (Wildman–Crippen MR) is 70.9 cm³/mol. The number of ether oxygens (including phenoxy) is 1. The molecule has 5 nitrogen and oxygen atoms in total. The molecule has 0 aliphatic rings. The minimum Gasteiger partial charge on any atom is -0.497 e. The first-order valence-electron chi connectivity index (χ1n) is 5.76. The van der Waals surface area contributed by atoms with Gasteiger partial charge >= 0.3 is 6.03 Å². The van der Waals surface area contributed by atoms with Gasteiger partial charge in [-0.2, -0.15) is 0 Å². The Morgan fingerprint density at radius 2 is 2.11 bits per heavy atom. The molecule has 0 radical (unpaired) electrons. The summed E-state index contributed by atoms with van der Waals surface area (Å²) in [4.78, 5) is 11.8. The molecule has 0 aliphatic carbocycles. The summed E-state index contributed by atoms with van der Waals surface area (Å²) in [6, 6.07) is 6.69. The first-order valence-corrected chi connectivity index (χ1v) is 5.76. The molecule has 1 aromatic rings. The number of benzene rings is 1. The molecule has 0 bridgehead atoms. The molecular formula is C13H20N2O3. The molecule has 0 fully saturated rings. The number of hydrogen-bond donors (Lipinski definition) is 3. The van der Waals surface area contributed by atoms with Gasteiger partial charge in [-0.25, -0.2) is 4.79 Å². The van der Waals surface area contributed by atoms with E-state index in [4.69, 9.17) is 4.74 Å². The van der Waals surface area contributed by atoms with E-state index in [2.05, 4.69) is 10.6 Å².